The first kappa shape index (κ1) is 24.0. The van der Waals surface area contributed by atoms with Crippen molar-refractivity contribution in [3.63, 3.8) is 0 Å². The Morgan fingerprint density at radius 1 is 1.17 bits per heavy atom. The second kappa shape index (κ2) is 8.72. The summed E-state index contributed by atoms with van der Waals surface area (Å²) in [5, 5.41) is 3.45. The number of carbonyl (C=O) groups excluding carboxylic acids is 2. The van der Waals surface area contributed by atoms with Gasteiger partial charge in [0, 0.05) is 23.9 Å². The lowest BCUT2D eigenvalue weighted by molar-refractivity contribution is -0.153. The number of rotatable bonds is 7. The molecule has 2 aromatic rings. The van der Waals surface area contributed by atoms with E-state index < -0.39 is 27.6 Å². The van der Waals surface area contributed by atoms with Crippen LogP contribution < -0.4 is 9.04 Å². The van der Waals surface area contributed by atoms with E-state index in [0.717, 1.165) is 5.56 Å². The molecule has 0 spiro atoms. The Morgan fingerprint density at radius 3 is 2.61 bits per heavy atom. The van der Waals surface area contributed by atoms with Crippen LogP contribution in [-0.4, -0.2) is 69.0 Å². The largest absolute Gasteiger partial charge is 0.494 e. The SMILES string of the molecule is CN1CC(=O)N2[C@@H](C[C@]3(C)c4ccccc4N(S(=O)(=O)c4ccc(OCCCN=[N+]=[N-])cc4)[C@H]23)C1=O. The summed E-state index contributed by atoms with van der Waals surface area (Å²) in [6, 6.07) is 12.6. The fourth-order valence-electron chi connectivity index (χ4n) is 5.57. The second-order valence-electron chi connectivity index (χ2n) is 9.45. The third-order valence-electron chi connectivity index (χ3n) is 7.20. The van der Waals surface area contributed by atoms with Crippen LogP contribution in [0.3, 0.4) is 0 Å². The number of hydrogen-bond donors (Lipinski definition) is 0. The van der Waals surface area contributed by atoms with E-state index in [0.29, 0.717) is 37.4 Å². The van der Waals surface area contributed by atoms with Crippen molar-refractivity contribution in [2.24, 2.45) is 5.11 Å². The molecule has 5 rings (SSSR count). The van der Waals surface area contributed by atoms with Crippen molar-refractivity contribution in [2.75, 3.05) is 31.0 Å². The lowest BCUT2D eigenvalue weighted by atomic mass is 9.80. The van der Waals surface area contributed by atoms with Crippen LogP contribution in [0.1, 0.15) is 25.3 Å². The van der Waals surface area contributed by atoms with Crippen molar-refractivity contribution in [1.82, 2.24) is 9.80 Å². The van der Waals surface area contributed by atoms with Gasteiger partial charge in [-0.15, -0.1) is 0 Å². The quantitative estimate of drug-likeness (QED) is 0.244. The number of benzene rings is 2. The normalized spacial score (nSPS) is 24.8. The summed E-state index contributed by atoms with van der Waals surface area (Å²) >= 11 is 0. The highest BCUT2D eigenvalue weighted by Gasteiger charge is 2.64. The molecule has 2 aromatic carbocycles. The van der Waals surface area contributed by atoms with Gasteiger partial charge < -0.3 is 14.5 Å². The van der Waals surface area contributed by atoms with Crippen LogP contribution in [0.5, 0.6) is 5.75 Å². The van der Waals surface area contributed by atoms with Gasteiger partial charge in [0.25, 0.3) is 10.0 Å². The van der Waals surface area contributed by atoms with Crippen molar-refractivity contribution in [3.8, 4) is 5.75 Å². The predicted molar refractivity (Wildman–Crippen MR) is 131 cm³/mol. The molecule has 36 heavy (non-hydrogen) atoms. The Bertz CT molecular complexity index is 1370. The van der Waals surface area contributed by atoms with Gasteiger partial charge in [-0.1, -0.05) is 30.2 Å². The molecule has 12 heteroatoms. The van der Waals surface area contributed by atoms with Crippen molar-refractivity contribution >= 4 is 27.5 Å². The van der Waals surface area contributed by atoms with E-state index in [4.69, 9.17) is 10.3 Å². The molecular formula is C24H26N6O5S. The molecule has 3 aliphatic heterocycles. The average molecular weight is 511 g/mol. The van der Waals surface area contributed by atoms with Crippen LogP contribution in [0.25, 0.3) is 10.4 Å². The molecule has 0 saturated carbocycles. The molecule has 0 radical (unpaired) electrons. The highest BCUT2D eigenvalue weighted by molar-refractivity contribution is 7.92. The summed E-state index contributed by atoms with van der Waals surface area (Å²) in [5.74, 6) is 0.0395. The van der Waals surface area contributed by atoms with Crippen molar-refractivity contribution in [2.45, 2.75) is 42.3 Å². The van der Waals surface area contributed by atoms with E-state index in [1.807, 2.05) is 19.1 Å². The summed E-state index contributed by atoms with van der Waals surface area (Å²) in [4.78, 5) is 31.8. The van der Waals surface area contributed by atoms with Crippen LogP contribution in [-0.2, 0) is 25.0 Å². The second-order valence-corrected chi connectivity index (χ2v) is 11.3. The minimum atomic E-state index is -4.09. The predicted octanol–water partition coefficient (Wildman–Crippen LogP) is 2.63. The van der Waals surface area contributed by atoms with Crippen LogP contribution in [0.2, 0.25) is 0 Å². The number of hydrogen-bond acceptors (Lipinski definition) is 6. The van der Waals surface area contributed by atoms with Crippen LogP contribution >= 0.6 is 0 Å². The van der Waals surface area contributed by atoms with Gasteiger partial charge in [-0.2, -0.15) is 0 Å². The van der Waals surface area contributed by atoms with E-state index in [1.165, 1.54) is 26.2 Å². The topological polar surface area (TPSA) is 136 Å². The van der Waals surface area contributed by atoms with Crippen LogP contribution in [0, 0.1) is 0 Å². The van der Waals surface area contributed by atoms with Gasteiger partial charge in [-0.3, -0.25) is 9.59 Å². The van der Waals surface area contributed by atoms with E-state index >= 15 is 0 Å². The number of anilines is 1. The van der Waals surface area contributed by atoms with Crippen molar-refractivity contribution in [3.05, 3.63) is 64.5 Å². The molecule has 11 nitrogen and oxygen atoms in total. The summed E-state index contributed by atoms with van der Waals surface area (Å²) in [7, 11) is -2.50. The molecule has 3 heterocycles. The third kappa shape index (κ3) is 3.56. The van der Waals surface area contributed by atoms with Gasteiger partial charge in [0.2, 0.25) is 11.8 Å². The lowest BCUT2D eigenvalue weighted by Gasteiger charge is -2.41. The first-order chi connectivity index (χ1) is 17.2. The molecule has 2 amide bonds. The maximum atomic E-state index is 14.1. The van der Waals surface area contributed by atoms with Crippen molar-refractivity contribution < 1.29 is 22.7 Å². The fraction of sp³-hybridized carbons (Fsp3) is 0.417. The standard InChI is InChI=1S/C24H26N6O5S/c1-24-14-20-22(32)28(2)15-21(31)29(20)23(24)30(19-7-4-3-6-18(19)24)36(33,34)17-10-8-16(9-11-17)35-13-5-12-26-27-25/h3-4,6-11,20,23H,5,12-15H2,1-2H3/t20-,23-,24+/m0/s1. The van der Waals surface area contributed by atoms with Gasteiger partial charge in [0.05, 0.1) is 23.7 Å². The first-order valence-electron chi connectivity index (χ1n) is 11.6. The summed E-state index contributed by atoms with van der Waals surface area (Å²) in [6.07, 6.45) is 0.0400. The summed E-state index contributed by atoms with van der Waals surface area (Å²) < 4.78 is 35.0. The molecule has 0 aromatic heterocycles. The number of piperazine rings is 1. The number of sulfonamides is 1. The maximum Gasteiger partial charge on any atom is 0.266 e. The number of fused-ring (bicyclic) bond motifs is 5. The van der Waals surface area contributed by atoms with Crippen molar-refractivity contribution in [1.29, 1.82) is 0 Å². The van der Waals surface area contributed by atoms with Gasteiger partial charge in [-0.05, 0) is 54.3 Å². The highest BCUT2D eigenvalue weighted by atomic mass is 32.2. The number of nitrogens with zero attached hydrogens (tertiary/aromatic N) is 6. The molecule has 0 N–H and O–H groups in total. The maximum absolute atomic E-state index is 14.1. The van der Waals surface area contributed by atoms with Gasteiger partial charge in [0.15, 0.2) is 0 Å². The molecule has 3 atom stereocenters. The van der Waals surface area contributed by atoms with Crippen LogP contribution in [0.15, 0.2) is 58.5 Å². The summed E-state index contributed by atoms with van der Waals surface area (Å²) in [6.45, 7) is 2.48. The zero-order valence-corrected chi connectivity index (χ0v) is 20.8. The van der Waals surface area contributed by atoms with E-state index in [-0.39, 0.29) is 23.3 Å². The smallest absolute Gasteiger partial charge is 0.266 e. The first-order valence-corrected chi connectivity index (χ1v) is 13.1. The molecule has 2 fully saturated rings. The van der Waals surface area contributed by atoms with E-state index in [2.05, 4.69) is 10.0 Å². The lowest BCUT2D eigenvalue weighted by Crippen LogP contribution is -2.62. The zero-order chi connectivity index (χ0) is 25.7. The minimum Gasteiger partial charge on any atom is -0.494 e. The molecule has 3 aliphatic rings. The van der Waals surface area contributed by atoms with Gasteiger partial charge >= 0.3 is 0 Å². The fourth-order valence-corrected chi connectivity index (χ4v) is 7.29. The molecular weight excluding hydrogens is 484 g/mol. The number of carbonyl (C=O) groups is 2. The van der Waals surface area contributed by atoms with Crippen LogP contribution in [0.4, 0.5) is 5.69 Å². The number of amides is 2. The average Bonchev–Trinajstić information content (AvgIpc) is 3.30. The Morgan fingerprint density at radius 2 is 1.89 bits per heavy atom. The van der Waals surface area contributed by atoms with E-state index in [1.54, 1.807) is 31.3 Å². The number of azide groups is 1. The highest BCUT2D eigenvalue weighted by Crippen LogP contribution is 2.56. The Labute approximate surface area is 208 Å². The monoisotopic (exact) mass is 510 g/mol. The third-order valence-corrected chi connectivity index (χ3v) is 8.98. The zero-order valence-electron chi connectivity index (χ0n) is 19.9. The number of ether oxygens (including phenoxy) is 1. The molecule has 0 bridgehead atoms. The Kier molecular flexibility index (Phi) is 5.80. The molecule has 188 valence electrons. The molecule has 0 aliphatic carbocycles. The molecule has 2 saturated heterocycles. The number of likely N-dealkylation sites (N-methyl/N-ethyl adjacent to an activating group) is 1. The molecule has 0 unspecified atom stereocenters. The van der Waals surface area contributed by atoms with Gasteiger partial charge in [0.1, 0.15) is 18.0 Å². The van der Waals surface area contributed by atoms with Gasteiger partial charge in [-0.25, -0.2) is 12.7 Å². The minimum absolute atomic E-state index is 0.0549. The Hall–Kier alpha value is -3.76. The number of para-hydroxylation sites is 1. The summed E-state index contributed by atoms with van der Waals surface area (Å²) in [5.41, 5.74) is 8.91. The van der Waals surface area contributed by atoms with E-state index in [9.17, 15) is 18.0 Å². The Balaban J connectivity index is 1.50.